The minimum atomic E-state index is 0.971. The van der Waals surface area contributed by atoms with Gasteiger partial charge >= 0.3 is 0 Å². The summed E-state index contributed by atoms with van der Waals surface area (Å²) in [4.78, 5) is 4.41. The summed E-state index contributed by atoms with van der Waals surface area (Å²) in [7, 11) is 0. The zero-order valence-electron chi connectivity index (χ0n) is 9.65. The van der Waals surface area contributed by atoms with E-state index >= 15 is 0 Å². The second-order valence-electron chi connectivity index (χ2n) is 3.86. The summed E-state index contributed by atoms with van der Waals surface area (Å²) in [5.74, 6) is 0. The molecular formula is C14H21N. The number of hydrogen-bond acceptors (Lipinski definition) is 1. The molecule has 0 heterocycles. The Morgan fingerprint density at radius 2 is 1.73 bits per heavy atom. The molecule has 1 aromatic carbocycles. The van der Waals surface area contributed by atoms with Crippen LogP contribution in [0.3, 0.4) is 0 Å². The van der Waals surface area contributed by atoms with Gasteiger partial charge in [0.05, 0.1) is 0 Å². The topological polar surface area (TPSA) is 12.4 Å². The van der Waals surface area contributed by atoms with Gasteiger partial charge in [-0.2, -0.15) is 0 Å². The Labute approximate surface area is 93.2 Å². The molecule has 0 aliphatic rings. The molecule has 1 rings (SSSR count). The van der Waals surface area contributed by atoms with Gasteiger partial charge < -0.3 is 0 Å². The van der Waals surface area contributed by atoms with E-state index in [2.05, 4.69) is 24.0 Å². The number of aliphatic imine (C=N–C) groups is 1. The third-order valence-corrected chi connectivity index (χ3v) is 2.43. The van der Waals surface area contributed by atoms with Gasteiger partial charge in [-0.25, -0.2) is 0 Å². The molecule has 0 unspecified atom stereocenters. The summed E-state index contributed by atoms with van der Waals surface area (Å²) in [6.07, 6.45) is 8.55. The summed E-state index contributed by atoms with van der Waals surface area (Å²) in [6, 6.07) is 10.3. The minimum absolute atomic E-state index is 0.971. The smallest absolute Gasteiger partial charge is 0.0389 e. The second kappa shape index (κ2) is 8.22. The maximum atomic E-state index is 4.41. The first kappa shape index (κ1) is 12.0. The van der Waals surface area contributed by atoms with E-state index in [1.807, 2.05) is 24.4 Å². The Hall–Kier alpha value is -1.11. The Morgan fingerprint density at radius 3 is 2.47 bits per heavy atom. The predicted octanol–water partition coefficient (Wildman–Crippen LogP) is 4.08. The average Bonchev–Trinajstić information content (AvgIpc) is 2.29. The third-order valence-electron chi connectivity index (χ3n) is 2.43. The van der Waals surface area contributed by atoms with Gasteiger partial charge in [0.2, 0.25) is 0 Å². The molecule has 0 spiro atoms. The van der Waals surface area contributed by atoms with Gasteiger partial charge in [-0.05, 0) is 12.0 Å². The van der Waals surface area contributed by atoms with E-state index in [0.717, 1.165) is 6.54 Å². The lowest BCUT2D eigenvalue weighted by Crippen LogP contribution is -1.85. The van der Waals surface area contributed by atoms with Crippen molar-refractivity contribution < 1.29 is 0 Å². The summed E-state index contributed by atoms with van der Waals surface area (Å²) in [6.45, 7) is 3.21. The van der Waals surface area contributed by atoms with Crippen LogP contribution in [0.1, 0.15) is 44.6 Å². The van der Waals surface area contributed by atoms with E-state index in [-0.39, 0.29) is 0 Å². The van der Waals surface area contributed by atoms with Gasteiger partial charge in [0.25, 0.3) is 0 Å². The Bertz CT molecular complexity index is 264. The van der Waals surface area contributed by atoms with Crippen LogP contribution in [-0.2, 0) is 0 Å². The van der Waals surface area contributed by atoms with Crippen molar-refractivity contribution in [2.45, 2.75) is 39.0 Å². The quantitative estimate of drug-likeness (QED) is 0.468. The maximum absolute atomic E-state index is 4.41. The van der Waals surface area contributed by atoms with Crippen LogP contribution in [-0.4, -0.2) is 12.8 Å². The zero-order valence-corrected chi connectivity index (χ0v) is 9.65. The van der Waals surface area contributed by atoms with Gasteiger partial charge in [-0.15, -0.1) is 0 Å². The first-order valence-electron chi connectivity index (χ1n) is 5.98. The normalized spacial score (nSPS) is 11.0. The second-order valence-corrected chi connectivity index (χ2v) is 3.86. The van der Waals surface area contributed by atoms with E-state index in [4.69, 9.17) is 0 Å². The Balaban J connectivity index is 2.07. The molecule has 0 N–H and O–H groups in total. The standard InChI is InChI=1S/C14H21N/c1-2-3-4-5-9-12-15-13-14-10-7-6-8-11-14/h6-8,10-11,13H,2-5,9,12H2,1H3. The van der Waals surface area contributed by atoms with Crippen molar-refractivity contribution in [3.63, 3.8) is 0 Å². The molecule has 0 bridgehead atoms. The highest BCUT2D eigenvalue weighted by Crippen LogP contribution is 2.02. The van der Waals surface area contributed by atoms with Crippen LogP contribution < -0.4 is 0 Å². The van der Waals surface area contributed by atoms with Gasteiger partial charge in [-0.3, -0.25) is 4.99 Å². The van der Waals surface area contributed by atoms with Crippen molar-refractivity contribution in [2.75, 3.05) is 6.54 Å². The van der Waals surface area contributed by atoms with Gasteiger partial charge in [0.1, 0.15) is 0 Å². The average molecular weight is 203 g/mol. The number of benzene rings is 1. The molecule has 0 saturated carbocycles. The number of rotatable bonds is 7. The molecule has 1 aromatic rings. The first-order valence-corrected chi connectivity index (χ1v) is 5.98. The molecular weight excluding hydrogens is 182 g/mol. The summed E-state index contributed by atoms with van der Waals surface area (Å²) >= 11 is 0. The molecule has 0 amide bonds. The molecule has 0 aliphatic heterocycles. The van der Waals surface area contributed by atoms with Crippen LogP contribution in [0.5, 0.6) is 0 Å². The SMILES string of the molecule is CCCCCCCN=Cc1ccccc1. The first-order chi connectivity index (χ1) is 7.43. The van der Waals surface area contributed by atoms with E-state index in [0.29, 0.717) is 0 Å². The van der Waals surface area contributed by atoms with Crippen LogP contribution in [0.25, 0.3) is 0 Å². The Kier molecular flexibility index (Phi) is 6.55. The fourth-order valence-corrected chi connectivity index (χ4v) is 1.52. The number of hydrogen-bond donors (Lipinski definition) is 0. The van der Waals surface area contributed by atoms with Crippen molar-refractivity contribution in [3.05, 3.63) is 35.9 Å². The van der Waals surface area contributed by atoms with Gasteiger partial charge in [0.15, 0.2) is 0 Å². The van der Waals surface area contributed by atoms with Gasteiger partial charge in [0, 0.05) is 12.8 Å². The van der Waals surface area contributed by atoms with E-state index in [1.54, 1.807) is 0 Å². The number of unbranched alkanes of at least 4 members (excludes halogenated alkanes) is 4. The Morgan fingerprint density at radius 1 is 1.00 bits per heavy atom. The molecule has 0 aliphatic carbocycles. The fourth-order valence-electron chi connectivity index (χ4n) is 1.52. The van der Waals surface area contributed by atoms with Gasteiger partial charge in [-0.1, -0.05) is 62.9 Å². The molecule has 0 fully saturated rings. The molecule has 82 valence electrons. The van der Waals surface area contributed by atoms with Crippen molar-refractivity contribution >= 4 is 6.21 Å². The molecule has 0 saturated heterocycles. The molecule has 0 atom stereocenters. The lowest BCUT2D eigenvalue weighted by molar-refractivity contribution is 0.639. The van der Waals surface area contributed by atoms with E-state index in [9.17, 15) is 0 Å². The van der Waals surface area contributed by atoms with Crippen molar-refractivity contribution in [1.29, 1.82) is 0 Å². The monoisotopic (exact) mass is 203 g/mol. The minimum Gasteiger partial charge on any atom is -0.293 e. The van der Waals surface area contributed by atoms with E-state index in [1.165, 1.54) is 37.7 Å². The van der Waals surface area contributed by atoms with Crippen molar-refractivity contribution in [3.8, 4) is 0 Å². The third kappa shape index (κ3) is 6.05. The predicted molar refractivity (Wildman–Crippen MR) is 67.7 cm³/mol. The highest BCUT2D eigenvalue weighted by Gasteiger charge is 1.87. The number of nitrogens with zero attached hydrogens (tertiary/aromatic N) is 1. The van der Waals surface area contributed by atoms with Crippen LogP contribution in [0, 0.1) is 0 Å². The molecule has 15 heavy (non-hydrogen) atoms. The lowest BCUT2D eigenvalue weighted by Gasteiger charge is -1.96. The zero-order chi connectivity index (χ0) is 10.8. The van der Waals surface area contributed by atoms with Crippen LogP contribution in [0.4, 0.5) is 0 Å². The summed E-state index contributed by atoms with van der Waals surface area (Å²) in [5.41, 5.74) is 1.20. The highest BCUT2D eigenvalue weighted by atomic mass is 14.7. The van der Waals surface area contributed by atoms with Crippen LogP contribution >= 0.6 is 0 Å². The molecule has 1 heteroatoms. The van der Waals surface area contributed by atoms with Crippen molar-refractivity contribution in [1.82, 2.24) is 0 Å². The summed E-state index contributed by atoms with van der Waals surface area (Å²) < 4.78 is 0. The van der Waals surface area contributed by atoms with E-state index < -0.39 is 0 Å². The highest BCUT2D eigenvalue weighted by molar-refractivity contribution is 5.79. The lowest BCUT2D eigenvalue weighted by atomic mass is 10.1. The van der Waals surface area contributed by atoms with Crippen LogP contribution in [0.15, 0.2) is 35.3 Å². The molecule has 1 nitrogen and oxygen atoms in total. The maximum Gasteiger partial charge on any atom is 0.0389 e. The fraction of sp³-hybridized carbons (Fsp3) is 0.500. The van der Waals surface area contributed by atoms with Crippen LogP contribution in [0.2, 0.25) is 0 Å². The molecule has 0 radical (unpaired) electrons. The molecule has 0 aromatic heterocycles. The largest absolute Gasteiger partial charge is 0.293 e. The summed E-state index contributed by atoms with van der Waals surface area (Å²) in [5, 5.41) is 0. The van der Waals surface area contributed by atoms with Crippen molar-refractivity contribution in [2.24, 2.45) is 4.99 Å².